The first-order chi connectivity index (χ1) is 16.8. The maximum absolute atomic E-state index is 11.8. The van der Waals surface area contributed by atoms with E-state index in [0.29, 0.717) is 78.2 Å². The van der Waals surface area contributed by atoms with Crippen LogP contribution < -0.4 is 10.6 Å². The standard InChI is InChI=1S/C24H41N3O8/c1-19(2)20(3)26-22(29)8-11-32-13-15-34-17-18-35-16-14-33-12-9-25-21(28)5-4-10-27-23(30)6-7-24(27)31/h6-7,19-20H,4-5,8-18H2,1-3H3,(H,25,28)(H,26,29). The molecule has 0 aromatic heterocycles. The second-order valence-electron chi connectivity index (χ2n) is 8.41. The Hall–Kier alpha value is -2.34. The summed E-state index contributed by atoms with van der Waals surface area (Å²) in [6.45, 7) is 10.0. The molecule has 11 nitrogen and oxygen atoms in total. The Bertz CT molecular complexity index is 666. The van der Waals surface area contributed by atoms with Crippen molar-refractivity contribution < 1.29 is 38.1 Å². The molecular formula is C24H41N3O8. The predicted octanol–water partition coefficient (Wildman–Crippen LogP) is 0.425. The first kappa shape index (κ1) is 30.7. The zero-order valence-corrected chi connectivity index (χ0v) is 21.2. The molecule has 1 heterocycles. The summed E-state index contributed by atoms with van der Waals surface area (Å²) in [6, 6.07) is 0.152. The Morgan fingerprint density at radius 3 is 1.83 bits per heavy atom. The Morgan fingerprint density at radius 1 is 0.771 bits per heavy atom. The first-order valence-electron chi connectivity index (χ1n) is 12.2. The van der Waals surface area contributed by atoms with E-state index in [2.05, 4.69) is 24.5 Å². The van der Waals surface area contributed by atoms with Crippen molar-refractivity contribution in [2.24, 2.45) is 5.92 Å². The Labute approximate surface area is 207 Å². The van der Waals surface area contributed by atoms with Crippen molar-refractivity contribution in [3.63, 3.8) is 0 Å². The fourth-order valence-corrected chi connectivity index (χ4v) is 2.82. The van der Waals surface area contributed by atoms with Gasteiger partial charge in [-0.25, -0.2) is 0 Å². The van der Waals surface area contributed by atoms with Crippen LogP contribution in [-0.2, 0) is 38.1 Å². The number of hydrogen-bond donors (Lipinski definition) is 2. The monoisotopic (exact) mass is 499 g/mol. The fourth-order valence-electron chi connectivity index (χ4n) is 2.82. The number of ether oxygens (including phenoxy) is 4. The molecule has 1 aliphatic heterocycles. The molecule has 200 valence electrons. The van der Waals surface area contributed by atoms with Gasteiger partial charge in [-0.2, -0.15) is 0 Å². The number of carbonyl (C=O) groups is 4. The number of rotatable bonds is 21. The maximum Gasteiger partial charge on any atom is 0.253 e. The average Bonchev–Trinajstić information content (AvgIpc) is 3.13. The molecule has 1 unspecified atom stereocenters. The van der Waals surface area contributed by atoms with Crippen LogP contribution >= 0.6 is 0 Å². The molecule has 1 aliphatic rings. The third kappa shape index (κ3) is 15.3. The van der Waals surface area contributed by atoms with E-state index in [4.69, 9.17) is 18.9 Å². The quantitative estimate of drug-likeness (QED) is 0.172. The van der Waals surface area contributed by atoms with Crippen LogP contribution in [0.2, 0.25) is 0 Å². The molecule has 0 aromatic carbocycles. The van der Waals surface area contributed by atoms with Crippen LogP contribution in [-0.4, -0.2) is 101 Å². The van der Waals surface area contributed by atoms with E-state index < -0.39 is 0 Å². The van der Waals surface area contributed by atoms with Gasteiger partial charge in [0.15, 0.2) is 0 Å². The lowest BCUT2D eigenvalue weighted by atomic mass is 10.1. The Morgan fingerprint density at radius 2 is 1.29 bits per heavy atom. The highest BCUT2D eigenvalue weighted by molar-refractivity contribution is 6.12. The van der Waals surface area contributed by atoms with Crippen LogP contribution in [0.5, 0.6) is 0 Å². The van der Waals surface area contributed by atoms with Crippen molar-refractivity contribution in [1.82, 2.24) is 15.5 Å². The summed E-state index contributed by atoms with van der Waals surface area (Å²) in [6.07, 6.45) is 3.45. The molecule has 0 fully saturated rings. The molecular weight excluding hydrogens is 458 g/mol. The van der Waals surface area contributed by atoms with Gasteiger partial charge in [-0.1, -0.05) is 13.8 Å². The summed E-state index contributed by atoms with van der Waals surface area (Å²) < 4.78 is 21.6. The zero-order chi connectivity index (χ0) is 25.9. The van der Waals surface area contributed by atoms with Gasteiger partial charge in [0.25, 0.3) is 11.8 Å². The lowest BCUT2D eigenvalue weighted by molar-refractivity contribution is -0.137. The molecule has 2 N–H and O–H groups in total. The van der Waals surface area contributed by atoms with E-state index in [1.807, 2.05) is 6.92 Å². The molecule has 0 radical (unpaired) electrons. The molecule has 0 aromatic rings. The molecule has 0 bridgehead atoms. The normalized spacial score (nSPS) is 14.1. The largest absolute Gasteiger partial charge is 0.379 e. The molecule has 4 amide bonds. The number of hydrogen-bond acceptors (Lipinski definition) is 8. The zero-order valence-electron chi connectivity index (χ0n) is 21.2. The van der Waals surface area contributed by atoms with Crippen LogP contribution in [0.15, 0.2) is 12.2 Å². The second-order valence-corrected chi connectivity index (χ2v) is 8.41. The van der Waals surface area contributed by atoms with Crippen LogP contribution in [0.4, 0.5) is 0 Å². The van der Waals surface area contributed by atoms with Crippen molar-refractivity contribution in [2.75, 3.05) is 65.9 Å². The molecule has 0 saturated heterocycles. The van der Waals surface area contributed by atoms with Gasteiger partial charge in [-0.15, -0.1) is 0 Å². The van der Waals surface area contributed by atoms with Crippen LogP contribution in [0.1, 0.15) is 40.0 Å². The molecule has 0 aliphatic carbocycles. The van der Waals surface area contributed by atoms with Gasteiger partial charge in [0, 0.05) is 44.1 Å². The number of amides is 4. The van der Waals surface area contributed by atoms with E-state index in [1.54, 1.807) is 0 Å². The predicted molar refractivity (Wildman–Crippen MR) is 128 cm³/mol. The number of imide groups is 1. The Balaban J connectivity index is 1.79. The van der Waals surface area contributed by atoms with Gasteiger partial charge in [-0.05, 0) is 19.3 Å². The Kier molecular flexibility index (Phi) is 16.6. The molecule has 1 atom stereocenters. The SMILES string of the molecule is CC(C)C(C)NC(=O)CCOCCOCCOCCOCCNC(=O)CCCN1C(=O)C=CC1=O. The highest BCUT2D eigenvalue weighted by atomic mass is 16.6. The van der Waals surface area contributed by atoms with Crippen LogP contribution in [0.25, 0.3) is 0 Å². The number of nitrogens with one attached hydrogen (secondary N) is 2. The van der Waals surface area contributed by atoms with Gasteiger partial charge >= 0.3 is 0 Å². The topological polar surface area (TPSA) is 132 Å². The highest BCUT2D eigenvalue weighted by Crippen LogP contribution is 2.05. The highest BCUT2D eigenvalue weighted by Gasteiger charge is 2.22. The van der Waals surface area contributed by atoms with Gasteiger partial charge in [0.05, 0.1) is 52.9 Å². The van der Waals surface area contributed by atoms with Gasteiger partial charge in [-0.3, -0.25) is 24.1 Å². The van der Waals surface area contributed by atoms with E-state index in [9.17, 15) is 19.2 Å². The summed E-state index contributed by atoms with van der Waals surface area (Å²) in [4.78, 5) is 47.4. The van der Waals surface area contributed by atoms with E-state index in [-0.39, 0.29) is 42.6 Å². The molecule has 0 spiro atoms. The van der Waals surface area contributed by atoms with Gasteiger partial charge in [0.1, 0.15) is 0 Å². The van der Waals surface area contributed by atoms with Crippen molar-refractivity contribution in [3.8, 4) is 0 Å². The molecule has 0 saturated carbocycles. The van der Waals surface area contributed by atoms with Crippen molar-refractivity contribution >= 4 is 23.6 Å². The summed E-state index contributed by atoms with van der Waals surface area (Å²) in [5.41, 5.74) is 0. The molecule has 35 heavy (non-hydrogen) atoms. The second kappa shape index (κ2) is 18.9. The van der Waals surface area contributed by atoms with Crippen LogP contribution in [0, 0.1) is 5.92 Å². The van der Waals surface area contributed by atoms with E-state index in [0.717, 1.165) is 4.90 Å². The summed E-state index contributed by atoms with van der Waals surface area (Å²) in [5.74, 6) is -0.429. The van der Waals surface area contributed by atoms with Crippen LogP contribution in [0.3, 0.4) is 0 Å². The van der Waals surface area contributed by atoms with Gasteiger partial charge in [0.2, 0.25) is 11.8 Å². The third-order valence-electron chi connectivity index (χ3n) is 5.23. The minimum absolute atomic E-state index is 0.00604. The molecule has 1 rings (SSSR count). The lowest BCUT2D eigenvalue weighted by Crippen LogP contribution is -2.36. The van der Waals surface area contributed by atoms with Crippen molar-refractivity contribution in [1.29, 1.82) is 0 Å². The van der Waals surface area contributed by atoms with Gasteiger partial charge < -0.3 is 29.6 Å². The van der Waals surface area contributed by atoms with Crippen molar-refractivity contribution in [2.45, 2.75) is 46.1 Å². The molecule has 11 heteroatoms. The maximum atomic E-state index is 11.8. The van der Waals surface area contributed by atoms with Crippen molar-refractivity contribution in [3.05, 3.63) is 12.2 Å². The number of carbonyl (C=O) groups excluding carboxylic acids is 4. The summed E-state index contributed by atoms with van der Waals surface area (Å²) >= 11 is 0. The minimum Gasteiger partial charge on any atom is -0.379 e. The first-order valence-corrected chi connectivity index (χ1v) is 12.2. The fraction of sp³-hybridized carbons (Fsp3) is 0.750. The summed E-state index contributed by atoms with van der Waals surface area (Å²) in [7, 11) is 0. The van der Waals surface area contributed by atoms with E-state index in [1.165, 1.54) is 12.2 Å². The minimum atomic E-state index is -0.337. The number of nitrogens with zero attached hydrogens (tertiary/aromatic N) is 1. The smallest absolute Gasteiger partial charge is 0.253 e. The third-order valence-corrected chi connectivity index (χ3v) is 5.23. The van der Waals surface area contributed by atoms with E-state index >= 15 is 0 Å². The average molecular weight is 500 g/mol. The lowest BCUT2D eigenvalue weighted by Gasteiger charge is -2.17. The summed E-state index contributed by atoms with van der Waals surface area (Å²) in [5, 5.41) is 5.66.